The summed E-state index contributed by atoms with van der Waals surface area (Å²) in [5, 5.41) is 10.7. The predicted octanol–water partition coefficient (Wildman–Crippen LogP) is 3.56. The van der Waals surface area contributed by atoms with Crippen molar-refractivity contribution in [3.63, 3.8) is 0 Å². The summed E-state index contributed by atoms with van der Waals surface area (Å²) in [7, 11) is -4.19. The van der Waals surface area contributed by atoms with Crippen LogP contribution in [0.2, 0.25) is 0 Å². The lowest BCUT2D eigenvalue weighted by Crippen LogP contribution is -2.18. The number of rotatable bonds is 5. The number of nitro groups is 1. The highest BCUT2D eigenvalue weighted by Crippen LogP contribution is 2.35. The fourth-order valence-corrected chi connectivity index (χ4v) is 3.21. The van der Waals surface area contributed by atoms with E-state index in [0.717, 1.165) is 24.3 Å². The number of alkyl halides is 3. The second-order valence-electron chi connectivity index (χ2n) is 4.83. The molecule has 6 nitrogen and oxygen atoms in total. The van der Waals surface area contributed by atoms with E-state index in [-0.39, 0.29) is 11.3 Å². The summed E-state index contributed by atoms with van der Waals surface area (Å²) in [6.07, 6.45) is -4.72. The number of nitrogens with zero attached hydrogens (tertiary/aromatic N) is 1. The minimum absolute atomic E-state index is 0.0844. The molecule has 0 aromatic heterocycles. The zero-order valence-electron chi connectivity index (χ0n) is 11.9. The third-order valence-corrected chi connectivity index (χ3v) is 4.22. The molecule has 0 aliphatic rings. The predicted molar refractivity (Wildman–Crippen MR) is 80.8 cm³/mol. The van der Waals surface area contributed by atoms with E-state index in [0.29, 0.717) is 0 Å². The minimum Gasteiger partial charge on any atom is -0.283 e. The lowest BCUT2D eigenvalue weighted by Gasteiger charge is -2.14. The van der Waals surface area contributed by atoms with E-state index < -0.39 is 38.1 Å². The Balaban J connectivity index is 2.27. The summed E-state index contributed by atoms with van der Waals surface area (Å²) in [6.45, 7) is 0. The van der Waals surface area contributed by atoms with Crippen LogP contribution in [0.1, 0.15) is 11.1 Å². The molecule has 0 aliphatic heterocycles. The molecule has 2 aromatic carbocycles. The standard InChI is InChI=1S/C14H11F3N2O4S/c15-14(16,17)12-6-1-2-7-13(12)18-24(22,23)9-10-4-3-5-11(8-10)19(20)21/h1-8,18H,9H2. The maximum atomic E-state index is 12.9. The van der Waals surface area contributed by atoms with Crippen LogP contribution in [0.15, 0.2) is 48.5 Å². The van der Waals surface area contributed by atoms with E-state index in [2.05, 4.69) is 0 Å². The molecule has 1 N–H and O–H groups in total. The Labute approximate surface area is 135 Å². The van der Waals surface area contributed by atoms with Crippen LogP contribution in [-0.2, 0) is 22.0 Å². The highest BCUT2D eigenvalue weighted by atomic mass is 32.2. The summed E-state index contributed by atoms with van der Waals surface area (Å²) in [5.74, 6) is -0.694. The van der Waals surface area contributed by atoms with Crippen LogP contribution in [0, 0.1) is 10.1 Å². The second kappa shape index (κ2) is 6.48. The van der Waals surface area contributed by atoms with Crippen LogP contribution in [-0.4, -0.2) is 13.3 Å². The van der Waals surface area contributed by atoms with Crippen LogP contribution in [0.5, 0.6) is 0 Å². The molecule has 0 amide bonds. The number of benzene rings is 2. The molecule has 0 unspecified atom stereocenters. The molecule has 2 rings (SSSR count). The Morgan fingerprint density at radius 1 is 1.08 bits per heavy atom. The van der Waals surface area contributed by atoms with Crippen LogP contribution >= 0.6 is 0 Å². The number of nitrogens with one attached hydrogen (secondary N) is 1. The van der Waals surface area contributed by atoms with Crippen molar-refractivity contribution in [2.24, 2.45) is 0 Å². The van der Waals surface area contributed by atoms with Crippen LogP contribution in [0.3, 0.4) is 0 Å². The lowest BCUT2D eigenvalue weighted by molar-refractivity contribution is -0.384. The smallest absolute Gasteiger partial charge is 0.283 e. The minimum atomic E-state index is -4.72. The summed E-state index contributed by atoms with van der Waals surface area (Å²) in [6, 6.07) is 9.02. The molecule has 0 saturated carbocycles. The average Bonchev–Trinajstić information content (AvgIpc) is 2.45. The highest BCUT2D eigenvalue weighted by molar-refractivity contribution is 7.91. The van der Waals surface area contributed by atoms with E-state index in [1.165, 1.54) is 24.3 Å². The van der Waals surface area contributed by atoms with Crippen molar-refractivity contribution in [3.8, 4) is 0 Å². The number of anilines is 1. The topological polar surface area (TPSA) is 89.3 Å². The number of sulfonamides is 1. The fraction of sp³-hybridized carbons (Fsp3) is 0.143. The molecular weight excluding hydrogens is 349 g/mol. The van der Waals surface area contributed by atoms with Crippen LogP contribution in [0.4, 0.5) is 24.5 Å². The largest absolute Gasteiger partial charge is 0.418 e. The van der Waals surface area contributed by atoms with Gasteiger partial charge in [-0.25, -0.2) is 8.42 Å². The van der Waals surface area contributed by atoms with Crippen molar-refractivity contribution < 1.29 is 26.5 Å². The van der Waals surface area contributed by atoms with Gasteiger partial charge >= 0.3 is 6.18 Å². The maximum Gasteiger partial charge on any atom is 0.418 e. The number of non-ortho nitro benzene ring substituents is 1. The van der Waals surface area contributed by atoms with E-state index in [1.54, 1.807) is 0 Å². The van der Waals surface area contributed by atoms with E-state index in [1.807, 2.05) is 4.72 Å². The molecule has 0 saturated heterocycles. The second-order valence-corrected chi connectivity index (χ2v) is 6.55. The first-order valence-corrected chi connectivity index (χ1v) is 8.14. The molecule has 0 aliphatic carbocycles. The average molecular weight is 360 g/mol. The van der Waals surface area contributed by atoms with Gasteiger partial charge in [0.05, 0.1) is 21.9 Å². The summed E-state index contributed by atoms with van der Waals surface area (Å²) < 4.78 is 64.7. The molecular formula is C14H11F3N2O4S. The van der Waals surface area contributed by atoms with Gasteiger partial charge in [0.25, 0.3) is 5.69 Å². The van der Waals surface area contributed by atoms with E-state index >= 15 is 0 Å². The molecule has 2 aromatic rings. The van der Waals surface area contributed by atoms with Gasteiger partial charge in [0.1, 0.15) is 0 Å². The first kappa shape index (κ1) is 17.7. The Morgan fingerprint density at radius 2 is 1.75 bits per heavy atom. The Hall–Kier alpha value is -2.62. The molecule has 0 heterocycles. The van der Waals surface area contributed by atoms with Gasteiger partial charge in [0.15, 0.2) is 0 Å². The third kappa shape index (κ3) is 4.44. The first-order valence-electron chi connectivity index (χ1n) is 6.48. The number of hydrogen-bond donors (Lipinski definition) is 1. The van der Waals surface area contributed by atoms with Crippen molar-refractivity contribution in [1.82, 2.24) is 0 Å². The summed E-state index contributed by atoms with van der Waals surface area (Å²) >= 11 is 0. The monoisotopic (exact) mass is 360 g/mol. The van der Waals surface area contributed by atoms with Gasteiger partial charge in [-0.15, -0.1) is 0 Å². The van der Waals surface area contributed by atoms with Crippen molar-refractivity contribution in [3.05, 3.63) is 69.8 Å². The SMILES string of the molecule is O=[N+]([O-])c1cccc(CS(=O)(=O)Nc2ccccc2C(F)(F)F)c1. The summed E-state index contributed by atoms with van der Waals surface area (Å²) in [4.78, 5) is 9.99. The van der Waals surface area contributed by atoms with Gasteiger partial charge in [0, 0.05) is 12.1 Å². The number of para-hydroxylation sites is 1. The molecule has 0 spiro atoms. The van der Waals surface area contributed by atoms with E-state index in [4.69, 9.17) is 0 Å². The number of halogens is 3. The first-order chi connectivity index (χ1) is 11.1. The van der Waals surface area contributed by atoms with Gasteiger partial charge < -0.3 is 0 Å². The summed E-state index contributed by atoms with van der Waals surface area (Å²) in [5.41, 5.74) is -1.94. The van der Waals surface area contributed by atoms with Gasteiger partial charge in [-0.05, 0) is 17.7 Å². The maximum absolute atomic E-state index is 12.9. The Morgan fingerprint density at radius 3 is 2.38 bits per heavy atom. The van der Waals surface area contributed by atoms with Crippen LogP contribution in [0.25, 0.3) is 0 Å². The van der Waals surface area contributed by atoms with Gasteiger partial charge in [0.2, 0.25) is 10.0 Å². The number of hydrogen-bond acceptors (Lipinski definition) is 4. The van der Waals surface area contributed by atoms with Gasteiger partial charge in [-0.2, -0.15) is 13.2 Å². The van der Waals surface area contributed by atoms with Gasteiger partial charge in [-0.3, -0.25) is 14.8 Å². The quantitative estimate of drug-likeness (QED) is 0.652. The Bertz CT molecular complexity index is 866. The van der Waals surface area contributed by atoms with Gasteiger partial charge in [-0.1, -0.05) is 24.3 Å². The Kier molecular flexibility index (Phi) is 4.78. The van der Waals surface area contributed by atoms with Crippen LogP contribution < -0.4 is 4.72 Å². The normalized spacial score (nSPS) is 12.0. The van der Waals surface area contributed by atoms with Crippen molar-refractivity contribution in [2.45, 2.75) is 11.9 Å². The van der Waals surface area contributed by atoms with Crippen molar-refractivity contribution in [1.29, 1.82) is 0 Å². The fourth-order valence-electron chi connectivity index (χ4n) is 2.00. The van der Waals surface area contributed by atoms with Crippen molar-refractivity contribution in [2.75, 3.05) is 4.72 Å². The van der Waals surface area contributed by atoms with E-state index in [9.17, 15) is 31.7 Å². The highest BCUT2D eigenvalue weighted by Gasteiger charge is 2.34. The molecule has 24 heavy (non-hydrogen) atoms. The molecule has 0 radical (unpaired) electrons. The molecule has 10 heteroatoms. The lowest BCUT2D eigenvalue weighted by atomic mass is 10.2. The third-order valence-electron chi connectivity index (χ3n) is 2.98. The molecule has 0 fully saturated rings. The number of nitro benzene ring substituents is 1. The molecule has 0 atom stereocenters. The molecule has 0 bridgehead atoms. The van der Waals surface area contributed by atoms with Crippen molar-refractivity contribution >= 4 is 21.4 Å². The zero-order chi connectivity index (χ0) is 18.0. The zero-order valence-corrected chi connectivity index (χ0v) is 12.8. The molecule has 128 valence electrons.